The van der Waals surface area contributed by atoms with E-state index in [0.717, 1.165) is 22.8 Å². The molecule has 0 spiro atoms. The molecule has 2 aromatic carbocycles. The van der Waals surface area contributed by atoms with Gasteiger partial charge in [-0.2, -0.15) is 0 Å². The van der Waals surface area contributed by atoms with E-state index in [1.807, 2.05) is 66.9 Å². The Morgan fingerprint density at radius 2 is 1.59 bits per heavy atom. The smallest absolute Gasteiger partial charge is 0.243 e. The molecule has 0 aliphatic heterocycles. The van der Waals surface area contributed by atoms with E-state index >= 15 is 0 Å². The predicted octanol–water partition coefficient (Wildman–Crippen LogP) is 6.69. The van der Waals surface area contributed by atoms with Crippen LogP contribution in [0, 0.1) is 13.8 Å². The Kier molecular flexibility index (Phi) is 5.74. The average Bonchev–Trinajstić information content (AvgIpc) is 3.55. The number of halogens is 1. The second-order valence-electron chi connectivity index (χ2n) is 8.96. The summed E-state index contributed by atoms with van der Waals surface area (Å²) in [6, 6.07) is 25.2. The maximum Gasteiger partial charge on any atom is 0.243 e. The first-order valence-electron chi connectivity index (χ1n) is 11.9. The Morgan fingerprint density at radius 3 is 2.30 bits per heavy atom. The minimum atomic E-state index is -0.0896. The van der Waals surface area contributed by atoms with Gasteiger partial charge in [0.2, 0.25) is 5.89 Å². The summed E-state index contributed by atoms with van der Waals surface area (Å²) >= 11 is 6.45. The number of aryl methyl sites for hydroxylation is 2. The fourth-order valence-electron chi connectivity index (χ4n) is 4.87. The molecule has 0 amide bonds. The van der Waals surface area contributed by atoms with Crippen LogP contribution in [0.15, 0.2) is 101 Å². The molecular weight excluding hydrogens is 484 g/mol. The lowest BCUT2D eigenvalue weighted by molar-refractivity contribution is 0.569. The van der Waals surface area contributed by atoms with E-state index in [4.69, 9.17) is 21.0 Å². The zero-order chi connectivity index (χ0) is 25.5. The number of aromatic nitrogens is 4. The third-order valence-electron chi connectivity index (χ3n) is 6.54. The highest BCUT2D eigenvalue weighted by atomic mass is 35.5. The first kappa shape index (κ1) is 23.0. The normalized spacial score (nSPS) is 11.3. The van der Waals surface area contributed by atoms with Gasteiger partial charge in [-0.25, -0.2) is 9.97 Å². The lowest BCUT2D eigenvalue weighted by atomic mass is 9.99. The monoisotopic (exact) mass is 506 g/mol. The molecule has 0 unspecified atom stereocenters. The molecule has 4 aromatic heterocycles. The molecule has 182 valence electrons. The van der Waals surface area contributed by atoms with E-state index < -0.39 is 0 Å². The zero-order valence-electron chi connectivity index (χ0n) is 20.4. The Labute approximate surface area is 218 Å². The highest BCUT2D eigenvalue weighted by molar-refractivity contribution is 6.31. The third kappa shape index (κ3) is 4.05. The van der Waals surface area contributed by atoms with Crippen LogP contribution >= 0.6 is 11.6 Å². The molecule has 0 aliphatic carbocycles. The number of hydrogen-bond donors (Lipinski definition) is 0. The van der Waals surface area contributed by atoms with Crippen LogP contribution in [-0.2, 0) is 6.42 Å². The first-order valence-corrected chi connectivity index (χ1v) is 12.3. The van der Waals surface area contributed by atoms with Crippen molar-refractivity contribution in [3.63, 3.8) is 0 Å². The average molecular weight is 507 g/mol. The van der Waals surface area contributed by atoms with Crippen LogP contribution in [0.4, 0.5) is 0 Å². The van der Waals surface area contributed by atoms with Crippen LogP contribution in [0.5, 0.6) is 0 Å². The molecule has 6 rings (SSSR count). The van der Waals surface area contributed by atoms with E-state index in [2.05, 4.69) is 21.7 Å². The molecule has 37 heavy (non-hydrogen) atoms. The van der Waals surface area contributed by atoms with Gasteiger partial charge in [0.05, 0.1) is 11.7 Å². The van der Waals surface area contributed by atoms with Crippen molar-refractivity contribution in [1.82, 2.24) is 19.1 Å². The molecule has 0 aliphatic rings. The summed E-state index contributed by atoms with van der Waals surface area (Å²) in [6.07, 6.45) is 3.50. The maximum atomic E-state index is 13.9. The largest absolute Gasteiger partial charge is 0.443 e. The van der Waals surface area contributed by atoms with E-state index in [9.17, 15) is 4.79 Å². The number of pyridine rings is 2. The molecular formula is C30H23ClN4O2. The molecule has 0 fully saturated rings. The minimum absolute atomic E-state index is 0.0896. The lowest BCUT2D eigenvalue weighted by Gasteiger charge is -2.20. The van der Waals surface area contributed by atoms with Crippen LogP contribution in [0.25, 0.3) is 34.1 Å². The van der Waals surface area contributed by atoms with E-state index in [-0.39, 0.29) is 5.43 Å². The Balaban J connectivity index is 1.72. The fourth-order valence-corrected chi connectivity index (χ4v) is 5.03. The van der Waals surface area contributed by atoms with Gasteiger partial charge >= 0.3 is 0 Å². The lowest BCUT2D eigenvalue weighted by Crippen LogP contribution is -2.19. The summed E-state index contributed by atoms with van der Waals surface area (Å²) < 4.78 is 9.83. The van der Waals surface area contributed by atoms with Crippen LogP contribution in [-0.4, -0.2) is 19.1 Å². The molecule has 0 radical (unpaired) electrons. The SMILES string of the molecule is Cc1ccc(C)n1-c1cccc(-n2c(-c3ncco3)c(Cc3ccccc3)c(=O)c3ccc(Cl)cc32)n1. The molecule has 0 saturated carbocycles. The number of benzene rings is 2. The molecule has 0 N–H and O–H groups in total. The Morgan fingerprint density at radius 1 is 0.865 bits per heavy atom. The van der Waals surface area contributed by atoms with Crippen LogP contribution in [0.2, 0.25) is 5.02 Å². The standard InChI is InChI=1S/C30H23ClN4O2/c1-19-11-12-20(2)34(19)26-9-6-10-27(33-26)35-25-18-22(31)13-14-23(25)29(36)24(17-21-7-4-3-5-8-21)28(35)30-32-15-16-37-30/h3-16,18H,17H2,1-2H3. The quantitative estimate of drug-likeness (QED) is 0.261. The van der Waals surface area contributed by atoms with Gasteiger partial charge < -0.3 is 8.98 Å². The molecule has 0 saturated heterocycles. The van der Waals surface area contributed by atoms with E-state index in [1.165, 1.54) is 6.26 Å². The number of rotatable bonds is 5. The molecule has 7 heteroatoms. The Hall–Kier alpha value is -4.42. The fraction of sp³-hybridized carbons (Fsp3) is 0.100. The van der Waals surface area contributed by atoms with Gasteiger partial charge in [0.25, 0.3) is 0 Å². The summed E-state index contributed by atoms with van der Waals surface area (Å²) in [5.74, 6) is 1.74. The van der Waals surface area contributed by atoms with Gasteiger partial charge in [0, 0.05) is 33.8 Å². The van der Waals surface area contributed by atoms with Gasteiger partial charge in [-0.15, -0.1) is 0 Å². The van der Waals surface area contributed by atoms with E-state index in [1.54, 1.807) is 24.4 Å². The topological polar surface area (TPSA) is 65.8 Å². The number of oxazole rings is 1. The molecule has 0 atom stereocenters. The summed E-state index contributed by atoms with van der Waals surface area (Å²) in [7, 11) is 0. The third-order valence-corrected chi connectivity index (χ3v) is 6.77. The molecule has 6 nitrogen and oxygen atoms in total. The van der Waals surface area contributed by atoms with Crippen molar-refractivity contribution < 1.29 is 4.42 Å². The van der Waals surface area contributed by atoms with Gasteiger partial charge in [0.15, 0.2) is 5.43 Å². The summed E-state index contributed by atoms with van der Waals surface area (Å²) in [5.41, 5.74) is 4.83. The van der Waals surface area contributed by atoms with Crippen LogP contribution in [0.1, 0.15) is 22.5 Å². The van der Waals surface area contributed by atoms with Gasteiger partial charge in [-0.3, -0.25) is 9.36 Å². The Bertz CT molecular complexity index is 1780. The second-order valence-corrected chi connectivity index (χ2v) is 9.39. The van der Waals surface area contributed by atoms with Crippen molar-refractivity contribution in [1.29, 1.82) is 0 Å². The maximum absolute atomic E-state index is 13.9. The van der Waals surface area contributed by atoms with Crippen molar-refractivity contribution >= 4 is 22.5 Å². The van der Waals surface area contributed by atoms with Crippen molar-refractivity contribution in [2.75, 3.05) is 0 Å². The van der Waals surface area contributed by atoms with Crippen LogP contribution < -0.4 is 5.43 Å². The number of fused-ring (bicyclic) bond motifs is 1. The molecule has 0 bridgehead atoms. The molecule has 6 aromatic rings. The van der Waals surface area contributed by atoms with Gasteiger partial charge in [-0.1, -0.05) is 48.0 Å². The van der Waals surface area contributed by atoms with Crippen molar-refractivity contribution in [3.8, 4) is 23.2 Å². The molecule has 4 heterocycles. The second kappa shape index (κ2) is 9.22. The minimum Gasteiger partial charge on any atom is -0.443 e. The van der Waals surface area contributed by atoms with Crippen molar-refractivity contribution in [2.24, 2.45) is 0 Å². The zero-order valence-corrected chi connectivity index (χ0v) is 21.1. The number of nitrogens with zero attached hydrogens (tertiary/aromatic N) is 4. The van der Waals surface area contributed by atoms with E-state index in [0.29, 0.717) is 45.3 Å². The number of hydrogen-bond acceptors (Lipinski definition) is 4. The highest BCUT2D eigenvalue weighted by Gasteiger charge is 2.24. The van der Waals surface area contributed by atoms with Gasteiger partial charge in [-0.05, 0) is 61.9 Å². The summed E-state index contributed by atoms with van der Waals surface area (Å²) in [6.45, 7) is 4.10. The summed E-state index contributed by atoms with van der Waals surface area (Å²) in [5, 5.41) is 1.06. The highest BCUT2D eigenvalue weighted by Crippen LogP contribution is 2.31. The van der Waals surface area contributed by atoms with Crippen molar-refractivity contribution in [2.45, 2.75) is 20.3 Å². The van der Waals surface area contributed by atoms with Crippen molar-refractivity contribution in [3.05, 3.63) is 129 Å². The van der Waals surface area contributed by atoms with Crippen LogP contribution in [0.3, 0.4) is 0 Å². The first-order chi connectivity index (χ1) is 18.0. The predicted molar refractivity (Wildman–Crippen MR) is 146 cm³/mol. The van der Waals surface area contributed by atoms with Gasteiger partial charge in [0.1, 0.15) is 23.6 Å². The summed E-state index contributed by atoms with van der Waals surface area (Å²) in [4.78, 5) is 23.4.